The molecule has 98 valence electrons. The molecule has 0 radical (unpaired) electrons. The van der Waals surface area contributed by atoms with E-state index in [-0.39, 0.29) is 5.91 Å². The van der Waals surface area contributed by atoms with Gasteiger partial charge in [0.05, 0.1) is 13.2 Å². The molecule has 1 heterocycles. The van der Waals surface area contributed by atoms with Crippen LogP contribution in [0.3, 0.4) is 0 Å². The minimum absolute atomic E-state index is 0.0307. The Morgan fingerprint density at radius 3 is 2.56 bits per heavy atom. The Kier molecular flexibility index (Phi) is 3.72. The minimum Gasteiger partial charge on any atom is -0.399 e. The number of morpholine rings is 1. The van der Waals surface area contributed by atoms with Gasteiger partial charge in [-0.05, 0) is 18.2 Å². The highest BCUT2D eigenvalue weighted by molar-refractivity contribution is 5.96. The molecule has 5 nitrogen and oxygen atoms in total. The van der Waals surface area contributed by atoms with E-state index < -0.39 is 0 Å². The van der Waals surface area contributed by atoms with Crippen molar-refractivity contribution in [3.05, 3.63) is 23.8 Å². The van der Waals surface area contributed by atoms with Crippen molar-refractivity contribution in [3.8, 4) is 0 Å². The normalized spacial score (nSPS) is 15.6. The second-order valence-electron chi connectivity index (χ2n) is 4.61. The number of carbonyl (C=O) groups excluding carboxylic acids is 1. The molecule has 1 amide bonds. The zero-order valence-corrected chi connectivity index (χ0v) is 10.8. The fourth-order valence-electron chi connectivity index (χ4n) is 2.02. The smallest absolute Gasteiger partial charge is 0.253 e. The fourth-order valence-corrected chi connectivity index (χ4v) is 2.02. The number of anilines is 2. The highest BCUT2D eigenvalue weighted by atomic mass is 16.5. The van der Waals surface area contributed by atoms with Crippen LogP contribution in [0.1, 0.15) is 10.4 Å². The Morgan fingerprint density at radius 2 is 1.94 bits per heavy atom. The Morgan fingerprint density at radius 1 is 1.28 bits per heavy atom. The van der Waals surface area contributed by atoms with E-state index in [9.17, 15) is 4.79 Å². The van der Waals surface area contributed by atoms with E-state index in [1.807, 2.05) is 12.1 Å². The number of rotatable bonds is 2. The van der Waals surface area contributed by atoms with Crippen molar-refractivity contribution in [1.82, 2.24) is 4.90 Å². The van der Waals surface area contributed by atoms with Crippen LogP contribution in [0.25, 0.3) is 0 Å². The largest absolute Gasteiger partial charge is 0.399 e. The van der Waals surface area contributed by atoms with Crippen LogP contribution in [-0.4, -0.2) is 51.2 Å². The summed E-state index contributed by atoms with van der Waals surface area (Å²) in [6.07, 6.45) is 0. The molecule has 1 aromatic carbocycles. The number of hydrogen-bond donors (Lipinski definition) is 1. The van der Waals surface area contributed by atoms with E-state index in [2.05, 4.69) is 4.90 Å². The predicted octanol–water partition coefficient (Wildman–Crippen LogP) is 0.807. The van der Waals surface area contributed by atoms with E-state index in [4.69, 9.17) is 10.5 Å². The van der Waals surface area contributed by atoms with E-state index in [0.717, 1.165) is 18.8 Å². The summed E-state index contributed by atoms with van der Waals surface area (Å²) >= 11 is 0. The van der Waals surface area contributed by atoms with Crippen molar-refractivity contribution >= 4 is 17.3 Å². The van der Waals surface area contributed by atoms with Crippen LogP contribution in [0, 0.1) is 0 Å². The van der Waals surface area contributed by atoms with Crippen molar-refractivity contribution in [2.45, 2.75) is 0 Å². The van der Waals surface area contributed by atoms with Gasteiger partial charge in [0, 0.05) is 44.1 Å². The maximum absolute atomic E-state index is 12.0. The van der Waals surface area contributed by atoms with E-state index in [1.165, 1.54) is 0 Å². The molecule has 1 fully saturated rings. The lowest BCUT2D eigenvalue weighted by atomic mass is 10.1. The molecule has 0 unspecified atom stereocenters. The van der Waals surface area contributed by atoms with Crippen molar-refractivity contribution < 1.29 is 9.53 Å². The molecular formula is C13H19N3O2. The molecule has 2 rings (SSSR count). The topological polar surface area (TPSA) is 58.8 Å². The SMILES string of the molecule is CN(C)C(=O)c1cc(N)cc(N2CCOCC2)c1. The molecule has 0 spiro atoms. The molecule has 0 bridgehead atoms. The molecule has 5 heteroatoms. The summed E-state index contributed by atoms with van der Waals surface area (Å²) in [7, 11) is 3.47. The summed E-state index contributed by atoms with van der Waals surface area (Å²) in [5, 5.41) is 0. The lowest BCUT2D eigenvalue weighted by Gasteiger charge is -2.29. The zero-order valence-electron chi connectivity index (χ0n) is 10.8. The minimum atomic E-state index is -0.0307. The Balaban J connectivity index is 2.28. The first-order valence-electron chi connectivity index (χ1n) is 6.03. The lowest BCUT2D eigenvalue weighted by Crippen LogP contribution is -2.36. The van der Waals surface area contributed by atoms with Crippen molar-refractivity contribution in [2.75, 3.05) is 51.0 Å². The van der Waals surface area contributed by atoms with Gasteiger partial charge in [0.15, 0.2) is 0 Å². The molecule has 1 aliphatic heterocycles. The predicted molar refractivity (Wildman–Crippen MR) is 71.9 cm³/mol. The Labute approximate surface area is 107 Å². The number of nitrogen functional groups attached to an aromatic ring is 1. The zero-order chi connectivity index (χ0) is 13.1. The molecule has 18 heavy (non-hydrogen) atoms. The summed E-state index contributed by atoms with van der Waals surface area (Å²) in [5.41, 5.74) is 8.11. The van der Waals surface area contributed by atoms with Crippen LogP contribution < -0.4 is 10.6 Å². The number of carbonyl (C=O) groups is 1. The van der Waals surface area contributed by atoms with Gasteiger partial charge in [0.2, 0.25) is 0 Å². The molecule has 1 aromatic rings. The van der Waals surface area contributed by atoms with Gasteiger partial charge in [-0.1, -0.05) is 0 Å². The van der Waals surface area contributed by atoms with Gasteiger partial charge in [-0.25, -0.2) is 0 Å². The van der Waals surface area contributed by atoms with E-state index in [0.29, 0.717) is 24.5 Å². The quantitative estimate of drug-likeness (QED) is 0.788. The summed E-state index contributed by atoms with van der Waals surface area (Å²) < 4.78 is 5.32. The van der Waals surface area contributed by atoms with Crippen LogP contribution in [0.15, 0.2) is 18.2 Å². The highest BCUT2D eigenvalue weighted by Gasteiger charge is 2.15. The van der Waals surface area contributed by atoms with Crippen molar-refractivity contribution in [2.24, 2.45) is 0 Å². The summed E-state index contributed by atoms with van der Waals surface area (Å²) in [4.78, 5) is 15.7. The Hall–Kier alpha value is -1.75. The average molecular weight is 249 g/mol. The second-order valence-corrected chi connectivity index (χ2v) is 4.61. The van der Waals surface area contributed by atoms with Gasteiger partial charge in [-0.2, -0.15) is 0 Å². The van der Waals surface area contributed by atoms with Gasteiger partial charge in [0.25, 0.3) is 5.91 Å². The van der Waals surface area contributed by atoms with Crippen LogP contribution in [0.5, 0.6) is 0 Å². The van der Waals surface area contributed by atoms with Crippen LogP contribution in [0.2, 0.25) is 0 Å². The summed E-state index contributed by atoms with van der Waals surface area (Å²) in [5.74, 6) is -0.0307. The van der Waals surface area contributed by atoms with Crippen molar-refractivity contribution in [1.29, 1.82) is 0 Å². The average Bonchev–Trinajstić information content (AvgIpc) is 2.38. The number of benzene rings is 1. The number of amides is 1. The fraction of sp³-hybridized carbons (Fsp3) is 0.462. The van der Waals surface area contributed by atoms with Crippen LogP contribution in [0.4, 0.5) is 11.4 Å². The molecule has 0 aliphatic carbocycles. The Bertz CT molecular complexity index is 440. The molecule has 0 saturated carbocycles. The third-order valence-electron chi connectivity index (χ3n) is 2.97. The third-order valence-corrected chi connectivity index (χ3v) is 2.97. The standard InChI is InChI=1S/C13H19N3O2/c1-15(2)13(17)10-7-11(14)9-12(8-10)16-3-5-18-6-4-16/h7-9H,3-6,14H2,1-2H3. The van der Waals surface area contributed by atoms with Gasteiger partial charge in [-0.15, -0.1) is 0 Å². The van der Waals surface area contributed by atoms with Gasteiger partial charge in [0.1, 0.15) is 0 Å². The highest BCUT2D eigenvalue weighted by Crippen LogP contribution is 2.22. The second kappa shape index (κ2) is 5.27. The summed E-state index contributed by atoms with van der Waals surface area (Å²) in [6.45, 7) is 3.09. The maximum Gasteiger partial charge on any atom is 0.253 e. The molecular weight excluding hydrogens is 230 g/mol. The monoisotopic (exact) mass is 249 g/mol. The number of nitrogens with two attached hydrogens (primary N) is 1. The first-order valence-corrected chi connectivity index (χ1v) is 6.03. The van der Waals surface area contributed by atoms with Gasteiger partial charge >= 0.3 is 0 Å². The molecule has 0 aromatic heterocycles. The van der Waals surface area contributed by atoms with Gasteiger partial charge < -0.3 is 20.3 Å². The molecule has 1 aliphatic rings. The summed E-state index contributed by atoms with van der Waals surface area (Å²) in [6, 6.07) is 5.51. The first-order chi connectivity index (χ1) is 8.58. The lowest BCUT2D eigenvalue weighted by molar-refractivity contribution is 0.0827. The number of hydrogen-bond acceptors (Lipinski definition) is 4. The number of ether oxygens (including phenoxy) is 1. The van der Waals surface area contributed by atoms with E-state index in [1.54, 1.807) is 25.1 Å². The van der Waals surface area contributed by atoms with Crippen molar-refractivity contribution in [3.63, 3.8) is 0 Å². The van der Waals surface area contributed by atoms with Crippen LogP contribution in [-0.2, 0) is 4.74 Å². The van der Waals surface area contributed by atoms with Gasteiger partial charge in [-0.3, -0.25) is 4.79 Å². The molecule has 2 N–H and O–H groups in total. The van der Waals surface area contributed by atoms with Crippen LogP contribution >= 0.6 is 0 Å². The number of nitrogens with zero attached hydrogens (tertiary/aromatic N) is 2. The maximum atomic E-state index is 12.0. The first kappa shape index (κ1) is 12.7. The van der Waals surface area contributed by atoms with E-state index >= 15 is 0 Å². The molecule has 1 saturated heterocycles. The molecule has 0 atom stereocenters. The third kappa shape index (κ3) is 2.73.